The Morgan fingerprint density at radius 3 is 2.16 bits per heavy atom. The number of carbonyl (C=O) groups excluding carboxylic acids is 3. The lowest BCUT2D eigenvalue weighted by molar-refractivity contribution is -0.149. The minimum atomic E-state index is -1.10. The SMILES string of the molecule is CC(C)(C)OC(=O)N[C@@H](Cc1ccccc1)C(=O)N[C@@H](Cc1ccc(O)cc1)C(=O)N1CCCC1C(=O)O. The molecule has 0 spiro atoms. The Morgan fingerprint density at radius 2 is 1.55 bits per heavy atom. The highest BCUT2D eigenvalue weighted by atomic mass is 16.6. The number of alkyl carbamates (subject to hydrolysis) is 1. The van der Waals surface area contributed by atoms with Gasteiger partial charge in [-0.05, 0) is 56.9 Å². The van der Waals surface area contributed by atoms with E-state index in [-0.39, 0.29) is 25.1 Å². The van der Waals surface area contributed by atoms with Crippen LogP contribution >= 0.6 is 0 Å². The van der Waals surface area contributed by atoms with Gasteiger partial charge in [-0.15, -0.1) is 0 Å². The molecule has 1 unspecified atom stereocenters. The van der Waals surface area contributed by atoms with E-state index in [0.717, 1.165) is 5.56 Å². The number of amides is 3. The number of carbonyl (C=O) groups is 4. The first-order chi connectivity index (χ1) is 17.9. The van der Waals surface area contributed by atoms with Crippen molar-refractivity contribution in [1.82, 2.24) is 15.5 Å². The lowest BCUT2D eigenvalue weighted by Crippen LogP contribution is -2.57. The van der Waals surface area contributed by atoms with Crippen molar-refractivity contribution in [3.8, 4) is 5.75 Å². The minimum absolute atomic E-state index is 0.0515. The molecule has 204 valence electrons. The van der Waals surface area contributed by atoms with Crippen molar-refractivity contribution < 1.29 is 34.1 Å². The van der Waals surface area contributed by atoms with Gasteiger partial charge >= 0.3 is 12.1 Å². The third kappa shape index (κ3) is 8.22. The second kappa shape index (κ2) is 12.4. The van der Waals surface area contributed by atoms with E-state index in [4.69, 9.17) is 4.74 Å². The number of rotatable bonds is 9. The lowest BCUT2D eigenvalue weighted by atomic mass is 10.0. The molecule has 38 heavy (non-hydrogen) atoms. The molecule has 10 nitrogen and oxygen atoms in total. The highest BCUT2D eigenvalue weighted by Gasteiger charge is 2.38. The molecule has 0 aromatic heterocycles. The molecule has 4 N–H and O–H groups in total. The van der Waals surface area contributed by atoms with Gasteiger partial charge in [0.1, 0.15) is 29.5 Å². The molecule has 10 heteroatoms. The van der Waals surface area contributed by atoms with Crippen LogP contribution in [0.3, 0.4) is 0 Å². The van der Waals surface area contributed by atoms with E-state index in [9.17, 15) is 29.4 Å². The normalized spacial score (nSPS) is 16.8. The van der Waals surface area contributed by atoms with Crippen molar-refractivity contribution in [2.24, 2.45) is 0 Å². The number of ether oxygens (including phenoxy) is 1. The zero-order valence-electron chi connectivity index (χ0n) is 21.8. The van der Waals surface area contributed by atoms with Crippen LogP contribution in [-0.4, -0.2) is 69.3 Å². The van der Waals surface area contributed by atoms with Gasteiger partial charge in [-0.3, -0.25) is 9.59 Å². The largest absolute Gasteiger partial charge is 0.508 e. The Morgan fingerprint density at radius 1 is 0.947 bits per heavy atom. The maximum atomic E-state index is 13.5. The number of carboxylic acid groups (broad SMARTS) is 1. The molecule has 0 saturated carbocycles. The molecule has 1 fully saturated rings. The van der Waals surface area contributed by atoms with E-state index in [1.807, 2.05) is 30.3 Å². The van der Waals surface area contributed by atoms with E-state index < -0.39 is 47.6 Å². The van der Waals surface area contributed by atoms with Crippen LogP contribution in [0.4, 0.5) is 4.79 Å². The molecule has 1 heterocycles. The third-order valence-electron chi connectivity index (χ3n) is 6.10. The Hall–Kier alpha value is -4.08. The number of phenols is 1. The zero-order chi connectivity index (χ0) is 27.9. The number of nitrogens with one attached hydrogen (secondary N) is 2. The fourth-order valence-corrected chi connectivity index (χ4v) is 4.34. The molecule has 2 aromatic carbocycles. The standard InChI is InChI=1S/C28H35N3O7/c1-28(2,3)38-27(37)30-21(16-18-8-5-4-6-9-18)24(33)29-22(17-19-11-13-20(32)14-12-19)25(34)31-15-7-10-23(31)26(35)36/h4-6,8-9,11-14,21-23,32H,7,10,15-17H2,1-3H3,(H,29,33)(H,30,37)(H,35,36)/t21-,22-,23?/m0/s1. The van der Waals surface area contributed by atoms with E-state index in [2.05, 4.69) is 10.6 Å². The first-order valence-electron chi connectivity index (χ1n) is 12.6. The third-order valence-corrected chi connectivity index (χ3v) is 6.10. The number of benzene rings is 2. The summed E-state index contributed by atoms with van der Waals surface area (Å²) in [6.45, 7) is 5.39. The summed E-state index contributed by atoms with van der Waals surface area (Å²) < 4.78 is 5.34. The van der Waals surface area contributed by atoms with Crippen LogP contribution in [-0.2, 0) is 32.0 Å². The number of hydrogen-bond donors (Lipinski definition) is 4. The van der Waals surface area contributed by atoms with Crippen LogP contribution in [0.25, 0.3) is 0 Å². The summed E-state index contributed by atoms with van der Waals surface area (Å²) in [6, 6.07) is 12.2. The number of aliphatic carboxylic acids is 1. The maximum absolute atomic E-state index is 13.5. The van der Waals surface area contributed by atoms with Gasteiger partial charge in [0, 0.05) is 19.4 Å². The number of phenolic OH excluding ortho intramolecular Hbond substituents is 1. The molecule has 1 saturated heterocycles. The van der Waals surface area contributed by atoms with Crippen LogP contribution in [0.5, 0.6) is 5.75 Å². The van der Waals surface area contributed by atoms with Crippen molar-refractivity contribution in [2.75, 3.05) is 6.54 Å². The molecular weight excluding hydrogens is 490 g/mol. The van der Waals surface area contributed by atoms with Gasteiger partial charge in [0.25, 0.3) is 0 Å². The van der Waals surface area contributed by atoms with Gasteiger partial charge in [0.15, 0.2) is 0 Å². The smallest absolute Gasteiger partial charge is 0.408 e. The summed E-state index contributed by atoms with van der Waals surface area (Å²) in [6.07, 6.45) is 0.309. The predicted molar refractivity (Wildman–Crippen MR) is 139 cm³/mol. The summed E-state index contributed by atoms with van der Waals surface area (Å²) in [5, 5.41) is 24.6. The van der Waals surface area contributed by atoms with Crippen LogP contribution in [0, 0.1) is 0 Å². The summed E-state index contributed by atoms with van der Waals surface area (Å²) in [5.74, 6) is -2.18. The van der Waals surface area contributed by atoms with Crippen LogP contribution in [0.1, 0.15) is 44.7 Å². The highest BCUT2D eigenvalue weighted by molar-refractivity contribution is 5.93. The summed E-state index contributed by atoms with van der Waals surface area (Å²) in [7, 11) is 0. The van der Waals surface area contributed by atoms with E-state index in [1.54, 1.807) is 32.9 Å². The second-order valence-electron chi connectivity index (χ2n) is 10.3. The quantitative estimate of drug-likeness (QED) is 0.394. The first-order valence-corrected chi connectivity index (χ1v) is 12.6. The van der Waals surface area contributed by atoms with E-state index in [1.165, 1.54) is 17.0 Å². The van der Waals surface area contributed by atoms with Gasteiger partial charge < -0.3 is 30.5 Å². The molecule has 1 aliphatic heterocycles. The topological polar surface area (TPSA) is 145 Å². The number of likely N-dealkylation sites (tertiary alicyclic amines) is 1. The van der Waals surface area contributed by atoms with Crippen LogP contribution < -0.4 is 10.6 Å². The van der Waals surface area contributed by atoms with Gasteiger partial charge in [-0.25, -0.2) is 9.59 Å². The molecule has 3 rings (SSSR count). The molecule has 2 aromatic rings. The average molecular weight is 526 g/mol. The monoisotopic (exact) mass is 525 g/mol. The molecule has 3 atom stereocenters. The maximum Gasteiger partial charge on any atom is 0.408 e. The van der Waals surface area contributed by atoms with E-state index >= 15 is 0 Å². The summed E-state index contributed by atoms with van der Waals surface area (Å²) >= 11 is 0. The van der Waals surface area contributed by atoms with Crippen molar-refractivity contribution >= 4 is 23.9 Å². The van der Waals surface area contributed by atoms with Crippen LogP contribution in [0.15, 0.2) is 54.6 Å². The van der Waals surface area contributed by atoms with Gasteiger partial charge in [-0.1, -0.05) is 42.5 Å². The molecule has 0 radical (unpaired) electrons. The average Bonchev–Trinajstić information content (AvgIpc) is 3.34. The van der Waals surface area contributed by atoms with Crippen molar-refractivity contribution in [2.45, 2.75) is 70.2 Å². The van der Waals surface area contributed by atoms with E-state index in [0.29, 0.717) is 18.4 Å². The molecule has 0 aliphatic carbocycles. The predicted octanol–water partition coefficient (Wildman–Crippen LogP) is 2.63. The fourth-order valence-electron chi connectivity index (χ4n) is 4.34. The van der Waals surface area contributed by atoms with Gasteiger partial charge in [0.05, 0.1) is 0 Å². The fraction of sp³-hybridized carbons (Fsp3) is 0.429. The van der Waals surface area contributed by atoms with Crippen LogP contribution in [0.2, 0.25) is 0 Å². The molecule has 0 bridgehead atoms. The number of aromatic hydroxyl groups is 1. The molecule has 1 aliphatic rings. The Balaban J connectivity index is 1.86. The Labute approximate surface area is 222 Å². The van der Waals surface area contributed by atoms with Gasteiger partial charge in [0.2, 0.25) is 11.8 Å². The minimum Gasteiger partial charge on any atom is -0.508 e. The lowest BCUT2D eigenvalue weighted by Gasteiger charge is -2.29. The molecule has 3 amide bonds. The number of nitrogens with zero attached hydrogens (tertiary/aromatic N) is 1. The number of hydrogen-bond acceptors (Lipinski definition) is 6. The van der Waals surface area contributed by atoms with Gasteiger partial charge in [-0.2, -0.15) is 0 Å². The van der Waals surface area contributed by atoms with Crippen molar-refractivity contribution in [3.05, 3.63) is 65.7 Å². The summed E-state index contributed by atoms with van der Waals surface area (Å²) in [4.78, 5) is 52.6. The highest BCUT2D eigenvalue weighted by Crippen LogP contribution is 2.20. The number of carboxylic acids is 1. The Kier molecular flexibility index (Phi) is 9.33. The molecular formula is C28H35N3O7. The summed E-state index contributed by atoms with van der Waals surface area (Å²) in [5.41, 5.74) is 0.666. The zero-order valence-corrected chi connectivity index (χ0v) is 21.8. The Bertz CT molecular complexity index is 1130. The van der Waals surface area contributed by atoms with Crippen molar-refractivity contribution in [3.63, 3.8) is 0 Å². The first kappa shape index (κ1) is 28.5. The second-order valence-corrected chi connectivity index (χ2v) is 10.3. The van der Waals surface area contributed by atoms with Crippen molar-refractivity contribution in [1.29, 1.82) is 0 Å².